The standard InChI is InChI=1S/C20H21N3O4/c1-13-5-7-19(27-4)17(9-13)23-20(24)14(11-21)12-22-16-10-15(25-2)6-8-18(16)26-3/h5-10,12,22H,1-4H3,(H,23,24)/b14-12-. The predicted octanol–water partition coefficient (Wildman–Crippen LogP) is 3.48. The van der Waals surface area contributed by atoms with Crippen molar-refractivity contribution in [2.24, 2.45) is 0 Å². The molecule has 2 rings (SSSR count). The van der Waals surface area contributed by atoms with Crippen molar-refractivity contribution in [3.8, 4) is 23.3 Å². The number of nitrogens with zero attached hydrogens (tertiary/aromatic N) is 1. The maximum absolute atomic E-state index is 12.5. The molecule has 0 aliphatic carbocycles. The highest BCUT2D eigenvalue weighted by Crippen LogP contribution is 2.29. The first-order valence-electron chi connectivity index (χ1n) is 8.07. The van der Waals surface area contributed by atoms with Gasteiger partial charge in [-0.1, -0.05) is 6.07 Å². The average Bonchev–Trinajstić information content (AvgIpc) is 2.68. The van der Waals surface area contributed by atoms with Crippen LogP contribution in [0.5, 0.6) is 17.2 Å². The average molecular weight is 367 g/mol. The van der Waals surface area contributed by atoms with E-state index in [4.69, 9.17) is 14.2 Å². The fourth-order valence-corrected chi connectivity index (χ4v) is 2.33. The maximum atomic E-state index is 12.5. The Bertz CT molecular complexity index is 901. The molecule has 2 aromatic rings. The summed E-state index contributed by atoms with van der Waals surface area (Å²) in [6, 6.07) is 12.4. The molecule has 0 fully saturated rings. The molecular weight excluding hydrogens is 346 g/mol. The van der Waals surface area contributed by atoms with Gasteiger partial charge in [-0.05, 0) is 36.8 Å². The monoisotopic (exact) mass is 367 g/mol. The van der Waals surface area contributed by atoms with Gasteiger partial charge < -0.3 is 24.8 Å². The van der Waals surface area contributed by atoms with Gasteiger partial charge in [-0.2, -0.15) is 5.26 Å². The molecule has 0 atom stereocenters. The molecule has 1 amide bonds. The Hall–Kier alpha value is -3.66. The number of amides is 1. The maximum Gasteiger partial charge on any atom is 0.267 e. The first kappa shape index (κ1) is 19.7. The van der Waals surface area contributed by atoms with Crippen molar-refractivity contribution in [3.63, 3.8) is 0 Å². The first-order valence-corrected chi connectivity index (χ1v) is 8.07. The zero-order chi connectivity index (χ0) is 19.8. The topological polar surface area (TPSA) is 92.6 Å². The summed E-state index contributed by atoms with van der Waals surface area (Å²) in [4.78, 5) is 12.5. The van der Waals surface area contributed by atoms with E-state index in [0.29, 0.717) is 28.6 Å². The number of methoxy groups -OCH3 is 3. The first-order chi connectivity index (χ1) is 13.0. The van der Waals surface area contributed by atoms with Gasteiger partial charge in [0.25, 0.3) is 5.91 Å². The number of aryl methyl sites for hydroxylation is 1. The third-order valence-corrected chi connectivity index (χ3v) is 3.75. The van der Waals surface area contributed by atoms with E-state index in [-0.39, 0.29) is 5.57 Å². The van der Waals surface area contributed by atoms with Crippen molar-refractivity contribution in [1.82, 2.24) is 0 Å². The van der Waals surface area contributed by atoms with Crippen LogP contribution in [0.4, 0.5) is 11.4 Å². The van der Waals surface area contributed by atoms with Gasteiger partial charge in [0.2, 0.25) is 0 Å². The molecule has 0 heterocycles. The molecule has 0 spiro atoms. The Kier molecular flexibility index (Phi) is 6.67. The van der Waals surface area contributed by atoms with Gasteiger partial charge in [-0.25, -0.2) is 0 Å². The molecular formula is C20H21N3O4. The second-order valence-corrected chi connectivity index (χ2v) is 5.54. The third-order valence-electron chi connectivity index (χ3n) is 3.75. The Morgan fingerprint density at radius 1 is 1.00 bits per heavy atom. The largest absolute Gasteiger partial charge is 0.497 e. The number of hydrogen-bond donors (Lipinski definition) is 2. The number of nitriles is 1. The van der Waals surface area contributed by atoms with Crippen LogP contribution in [0, 0.1) is 18.3 Å². The summed E-state index contributed by atoms with van der Waals surface area (Å²) in [5, 5.41) is 15.0. The minimum absolute atomic E-state index is 0.108. The summed E-state index contributed by atoms with van der Waals surface area (Å²) in [6.45, 7) is 1.90. The lowest BCUT2D eigenvalue weighted by Gasteiger charge is -2.12. The van der Waals surface area contributed by atoms with Crippen LogP contribution in [0.2, 0.25) is 0 Å². The van der Waals surface area contributed by atoms with E-state index in [1.54, 1.807) is 37.4 Å². The van der Waals surface area contributed by atoms with Crippen LogP contribution in [-0.2, 0) is 4.79 Å². The molecule has 2 N–H and O–H groups in total. The van der Waals surface area contributed by atoms with Crippen LogP contribution in [0.3, 0.4) is 0 Å². The highest BCUT2D eigenvalue weighted by atomic mass is 16.5. The Morgan fingerprint density at radius 2 is 1.67 bits per heavy atom. The van der Waals surface area contributed by atoms with Crippen molar-refractivity contribution in [3.05, 3.63) is 53.7 Å². The SMILES string of the molecule is COc1ccc(OC)c(N/C=C(/C#N)C(=O)Nc2cc(C)ccc2OC)c1. The van der Waals surface area contributed by atoms with E-state index >= 15 is 0 Å². The predicted molar refractivity (Wildman–Crippen MR) is 103 cm³/mol. The molecule has 0 aromatic heterocycles. The second-order valence-electron chi connectivity index (χ2n) is 5.54. The van der Waals surface area contributed by atoms with Gasteiger partial charge in [-0.3, -0.25) is 4.79 Å². The number of hydrogen-bond acceptors (Lipinski definition) is 6. The van der Waals surface area contributed by atoms with E-state index in [0.717, 1.165) is 5.56 Å². The fourth-order valence-electron chi connectivity index (χ4n) is 2.33. The summed E-state index contributed by atoms with van der Waals surface area (Å²) < 4.78 is 15.7. The molecule has 0 saturated heterocycles. The van der Waals surface area contributed by atoms with E-state index < -0.39 is 5.91 Å². The molecule has 0 unspecified atom stereocenters. The molecule has 140 valence electrons. The minimum atomic E-state index is -0.559. The third kappa shape index (κ3) is 4.92. The number of ether oxygens (including phenoxy) is 3. The zero-order valence-electron chi connectivity index (χ0n) is 15.6. The van der Waals surface area contributed by atoms with Crippen LogP contribution in [0.15, 0.2) is 48.2 Å². The van der Waals surface area contributed by atoms with Crippen LogP contribution >= 0.6 is 0 Å². The Labute approximate surface area is 158 Å². The van der Waals surface area contributed by atoms with Crippen LogP contribution in [-0.4, -0.2) is 27.2 Å². The number of carbonyl (C=O) groups is 1. The highest BCUT2D eigenvalue weighted by Gasteiger charge is 2.13. The highest BCUT2D eigenvalue weighted by molar-refractivity contribution is 6.07. The molecule has 0 bridgehead atoms. The molecule has 27 heavy (non-hydrogen) atoms. The van der Waals surface area contributed by atoms with Crippen molar-refractivity contribution in [1.29, 1.82) is 5.26 Å². The van der Waals surface area contributed by atoms with Gasteiger partial charge in [0.15, 0.2) is 0 Å². The normalized spacial score (nSPS) is 10.6. The molecule has 0 aliphatic heterocycles. The zero-order valence-corrected chi connectivity index (χ0v) is 15.6. The molecule has 7 nitrogen and oxygen atoms in total. The van der Waals surface area contributed by atoms with Crippen LogP contribution in [0.1, 0.15) is 5.56 Å². The summed E-state index contributed by atoms with van der Waals surface area (Å²) in [5.41, 5.74) is 1.89. The van der Waals surface area contributed by atoms with Gasteiger partial charge >= 0.3 is 0 Å². The lowest BCUT2D eigenvalue weighted by molar-refractivity contribution is -0.112. The summed E-state index contributed by atoms with van der Waals surface area (Å²) in [7, 11) is 4.58. The summed E-state index contributed by atoms with van der Waals surface area (Å²) in [6.07, 6.45) is 1.31. The minimum Gasteiger partial charge on any atom is -0.497 e. The number of carbonyl (C=O) groups excluding carboxylic acids is 1. The Morgan fingerprint density at radius 3 is 2.30 bits per heavy atom. The van der Waals surface area contributed by atoms with Crippen molar-refractivity contribution >= 4 is 17.3 Å². The molecule has 0 aliphatic rings. The molecule has 7 heteroatoms. The quantitative estimate of drug-likeness (QED) is 0.575. The van der Waals surface area contributed by atoms with Gasteiger partial charge in [0, 0.05) is 12.3 Å². The number of benzene rings is 2. The van der Waals surface area contributed by atoms with Gasteiger partial charge in [0.05, 0.1) is 32.7 Å². The van der Waals surface area contributed by atoms with E-state index in [1.807, 2.05) is 19.1 Å². The molecule has 0 radical (unpaired) electrons. The van der Waals surface area contributed by atoms with E-state index in [9.17, 15) is 10.1 Å². The van der Waals surface area contributed by atoms with Crippen molar-refractivity contribution < 1.29 is 19.0 Å². The molecule has 2 aromatic carbocycles. The van der Waals surface area contributed by atoms with Gasteiger partial charge in [0.1, 0.15) is 28.9 Å². The number of anilines is 2. The number of nitrogens with one attached hydrogen (secondary N) is 2. The van der Waals surface area contributed by atoms with E-state index in [1.165, 1.54) is 20.4 Å². The van der Waals surface area contributed by atoms with E-state index in [2.05, 4.69) is 10.6 Å². The lowest BCUT2D eigenvalue weighted by Crippen LogP contribution is -2.15. The fraction of sp³-hybridized carbons (Fsp3) is 0.200. The number of rotatable bonds is 7. The summed E-state index contributed by atoms with van der Waals surface area (Å²) in [5.74, 6) is 1.11. The van der Waals surface area contributed by atoms with Crippen molar-refractivity contribution in [2.45, 2.75) is 6.92 Å². The van der Waals surface area contributed by atoms with Crippen LogP contribution in [0.25, 0.3) is 0 Å². The van der Waals surface area contributed by atoms with Crippen molar-refractivity contribution in [2.75, 3.05) is 32.0 Å². The van der Waals surface area contributed by atoms with Crippen LogP contribution < -0.4 is 24.8 Å². The van der Waals surface area contributed by atoms with Gasteiger partial charge in [-0.15, -0.1) is 0 Å². The molecule has 0 saturated carbocycles. The summed E-state index contributed by atoms with van der Waals surface area (Å²) >= 11 is 0. The Balaban J connectivity index is 2.23. The smallest absolute Gasteiger partial charge is 0.267 e. The lowest BCUT2D eigenvalue weighted by atomic mass is 10.2. The second kappa shape index (κ2) is 9.15.